The van der Waals surface area contributed by atoms with E-state index in [4.69, 9.17) is 0 Å². The molecule has 0 saturated carbocycles. The van der Waals surface area contributed by atoms with Crippen LogP contribution in [0.25, 0.3) is 0 Å². The van der Waals surface area contributed by atoms with Crippen molar-refractivity contribution in [2.24, 2.45) is 0 Å². The van der Waals surface area contributed by atoms with Crippen molar-refractivity contribution in [3.8, 4) is 0 Å². The molecular formula is C15H23N5S. The van der Waals surface area contributed by atoms with Crippen molar-refractivity contribution in [3.63, 3.8) is 0 Å². The number of fused-ring (bicyclic) bond motifs is 1. The highest BCUT2D eigenvalue weighted by Crippen LogP contribution is 2.18. The largest absolute Gasteiger partial charge is 0.328 e. The third-order valence-electron chi connectivity index (χ3n) is 4.16. The fourth-order valence-electron chi connectivity index (χ4n) is 2.60. The van der Waals surface area contributed by atoms with Crippen LogP contribution in [0.1, 0.15) is 30.4 Å². The zero-order valence-electron chi connectivity index (χ0n) is 13.0. The van der Waals surface area contributed by atoms with Crippen molar-refractivity contribution in [2.45, 2.75) is 46.1 Å². The summed E-state index contributed by atoms with van der Waals surface area (Å²) in [5, 5.41) is 3.23. The molecule has 2 aromatic rings. The highest BCUT2D eigenvalue weighted by Gasteiger charge is 2.21. The van der Waals surface area contributed by atoms with Gasteiger partial charge in [-0.15, -0.1) is 11.3 Å². The van der Waals surface area contributed by atoms with Gasteiger partial charge in [-0.1, -0.05) is 0 Å². The molecule has 0 aromatic carbocycles. The molecule has 0 unspecified atom stereocenters. The molecule has 0 atom stereocenters. The zero-order chi connectivity index (χ0) is 14.8. The van der Waals surface area contributed by atoms with Gasteiger partial charge in [-0.05, 0) is 20.9 Å². The number of hydrogen-bond donors (Lipinski definition) is 0. The quantitative estimate of drug-likeness (QED) is 0.848. The van der Waals surface area contributed by atoms with E-state index in [-0.39, 0.29) is 0 Å². The Hall–Kier alpha value is -1.24. The Morgan fingerprint density at radius 1 is 1.33 bits per heavy atom. The van der Waals surface area contributed by atoms with E-state index in [0.29, 0.717) is 6.04 Å². The molecule has 21 heavy (non-hydrogen) atoms. The maximum absolute atomic E-state index is 4.63. The van der Waals surface area contributed by atoms with Crippen LogP contribution in [0.3, 0.4) is 0 Å². The van der Waals surface area contributed by atoms with E-state index in [0.717, 1.165) is 32.7 Å². The van der Waals surface area contributed by atoms with Crippen molar-refractivity contribution < 1.29 is 0 Å². The van der Waals surface area contributed by atoms with Crippen LogP contribution in [0.2, 0.25) is 0 Å². The number of imidazole rings is 1. The number of aromatic nitrogens is 3. The minimum absolute atomic E-state index is 0.557. The van der Waals surface area contributed by atoms with Crippen molar-refractivity contribution in [1.29, 1.82) is 0 Å². The Labute approximate surface area is 130 Å². The van der Waals surface area contributed by atoms with Crippen LogP contribution >= 0.6 is 11.3 Å². The first kappa shape index (κ1) is 14.7. The fraction of sp³-hybridized carbons (Fsp3) is 0.600. The topological polar surface area (TPSA) is 37.2 Å². The van der Waals surface area contributed by atoms with Gasteiger partial charge < -0.3 is 4.57 Å². The first-order valence-electron chi connectivity index (χ1n) is 7.47. The average Bonchev–Trinajstić information content (AvgIpc) is 3.09. The van der Waals surface area contributed by atoms with Crippen molar-refractivity contribution >= 4 is 11.3 Å². The molecule has 5 nitrogen and oxygen atoms in total. The van der Waals surface area contributed by atoms with Crippen molar-refractivity contribution in [1.82, 2.24) is 24.3 Å². The molecule has 0 aliphatic carbocycles. The van der Waals surface area contributed by atoms with Gasteiger partial charge in [-0.3, -0.25) is 9.80 Å². The minimum Gasteiger partial charge on any atom is -0.328 e. The first-order valence-corrected chi connectivity index (χ1v) is 8.35. The lowest BCUT2D eigenvalue weighted by atomic mass is 10.3. The second kappa shape index (κ2) is 6.25. The summed E-state index contributed by atoms with van der Waals surface area (Å²) in [6.07, 6.45) is 3.92. The molecule has 0 saturated heterocycles. The Morgan fingerprint density at radius 3 is 2.90 bits per heavy atom. The molecule has 3 heterocycles. The number of hydrogen-bond acceptors (Lipinski definition) is 5. The summed E-state index contributed by atoms with van der Waals surface area (Å²) in [6.45, 7) is 9.38. The molecule has 2 aromatic heterocycles. The van der Waals surface area contributed by atoms with E-state index in [2.05, 4.69) is 45.2 Å². The summed E-state index contributed by atoms with van der Waals surface area (Å²) in [4.78, 5) is 13.8. The second-order valence-corrected chi connectivity index (χ2v) is 6.94. The highest BCUT2D eigenvalue weighted by atomic mass is 32.1. The summed E-state index contributed by atoms with van der Waals surface area (Å²) in [7, 11) is 2.17. The minimum atomic E-state index is 0.557. The standard InChI is InChI=1S/C15H23N5S/c1-12(2)18(3)9-13-8-17-14-10-19(5-6-20(13)14)11-15-16-4-7-21-15/h4,7-8,12H,5-6,9-11H2,1-3H3. The summed E-state index contributed by atoms with van der Waals surface area (Å²) < 4.78 is 2.39. The summed E-state index contributed by atoms with van der Waals surface area (Å²) in [5.74, 6) is 1.19. The zero-order valence-corrected chi connectivity index (χ0v) is 13.8. The molecule has 3 rings (SSSR count). The lowest BCUT2D eigenvalue weighted by Crippen LogP contribution is -2.35. The summed E-state index contributed by atoms with van der Waals surface area (Å²) in [6, 6.07) is 0.557. The third kappa shape index (κ3) is 3.33. The molecule has 114 valence electrons. The van der Waals surface area contributed by atoms with Crippen molar-refractivity contribution in [2.75, 3.05) is 13.6 Å². The maximum atomic E-state index is 4.63. The van der Waals surface area contributed by atoms with E-state index in [1.807, 2.05) is 17.8 Å². The van der Waals surface area contributed by atoms with Crippen LogP contribution in [0.5, 0.6) is 0 Å². The monoisotopic (exact) mass is 305 g/mol. The lowest BCUT2D eigenvalue weighted by molar-refractivity contribution is 0.201. The van der Waals surface area contributed by atoms with Crippen LogP contribution in [0.4, 0.5) is 0 Å². The predicted molar refractivity (Wildman–Crippen MR) is 85.1 cm³/mol. The molecule has 1 aliphatic heterocycles. The Morgan fingerprint density at radius 2 is 2.19 bits per heavy atom. The van der Waals surface area contributed by atoms with E-state index < -0.39 is 0 Å². The molecule has 0 spiro atoms. The fourth-order valence-corrected chi connectivity index (χ4v) is 3.25. The van der Waals surface area contributed by atoms with Crippen LogP contribution < -0.4 is 0 Å². The predicted octanol–water partition coefficient (Wildman–Crippen LogP) is 2.20. The lowest BCUT2D eigenvalue weighted by Gasteiger charge is -2.29. The highest BCUT2D eigenvalue weighted by molar-refractivity contribution is 7.09. The van der Waals surface area contributed by atoms with Gasteiger partial charge in [0, 0.05) is 43.4 Å². The van der Waals surface area contributed by atoms with Crippen LogP contribution in [-0.2, 0) is 26.2 Å². The van der Waals surface area contributed by atoms with Gasteiger partial charge in [0.2, 0.25) is 0 Å². The average molecular weight is 305 g/mol. The van der Waals surface area contributed by atoms with Gasteiger partial charge in [0.05, 0.1) is 18.8 Å². The van der Waals surface area contributed by atoms with Crippen LogP contribution in [0.15, 0.2) is 17.8 Å². The normalized spacial score (nSPS) is 15.9. The van der Waals surface area contributed by atoms with Gasteiger partial charge >= 0.3 is 0 Å². The third-order valence-corrected chi connectivity index (χ3v) is 4.93. The number of nitrogens with zero attached hydrogens (tertiary/aromatic N) is 5. The summed E-state index contributed by atoms with van der Waals surface area (Å²) in [5.41, 5.74) is 1.33. The van der Waals surface area contributed by atoms with Gasteiger partial charge in [0.1, 0.15) is 10.8 Å². The van der Waals surface area contributed by atoms with Gasteiger partial charge in [0.25, 0.3) is 0 Å². The first-order chi connectivity index (χ1) is 10.1. The Kier molecular flexibility index (Phi) is 4.37. The van der Waals surface area contributed by atoms with Crippen molar-refractivity contribution in [3.05, 3.63) is 34.3 Å². The second-order valence-electron chi connectivity index (χ2n) is 5.96. The summed E-state index contributed by atoms with van der Waals surface area (Å²) >= 11 is 1.73. The van der Waals surface area contributed by atoms with Gasteiger partial charge in [-0.2, -0.15) is 0 Å². The van der Waals surface area contributed by atoms with E-state index in [1.54, 1.807) is 11.3 Å². The molecule has 0 fully saturated rings. The molecule has 1 aliphatic rings. The molecule has 0 N–H and O–H groups in total. The molecular weight excluding hydrogens is 282 g/mol. The molecule has 0 radical (unpaired) electrons. The van der Waals surface area contributed by atoms with E-state index in [1.165, 1.54) is 16.5 Å². The van der Waals surface area contributed by atoms with Gasteiger partial charge in [-0.25, -0.2) is 9.97 Å². The van der Waals surface area contributed by atoms with Crippen LogP contribution in [-0.4, -0.2) is 44.0 Å². The number of rotatable bonds is 5. The molecule has 6 heteroatoms. The number of thiazole rings is 1. The van der Waals surface area contributed by atoms with Gasteiger partial charge in [0.15, 0.2) is 0 Å². The van der Waals surface area contributed by atoms with E-state index >= 15 is 0 Å². The van der Waals surface area contributed by atoms with Crippen LogP contribution in [0, 0.1) is 0 Å². The molecule has 0 amide bonds. The smallest absolute Gasteiger partial charge is 0.123 e. The SMILES string of the molecule is CC(C)N(C)Cc1cnc2n1CCN(Cc1nccs1)C2. The maximum Gasteiger partial charge on any atom is 0.123 e. The Bertz CT molecular complexity index is 575. The molecule has 0 bridgehead atoms. The van der Waals surface area contributed by atoms with E-state index in [9.17, 15) is 0 Å². The Balaban J connectivity index is 1.66.